The fourth-order valence-electron chi connectivity index (χ4n) is 5.75. The van der Waals surface area contributed by atoms with Crippen LogP contribution in [0, 0.1) is 0 Å². The molecule has 0 radical (unpaired) electrons. The maximum Gasteiger partial charge on any atom is 0.306 e. The largest absolute Gasteiger partial charge is 0.497 e. The summed E-state index contributed by atoms with van der Waals surface area (Å²) in [5.74, 6) is -0.738. The molecule has 10 nitrogen and oxygen atoms in total. The molecule has 1 heterocycles. The lowest BCUT2D eigenvalue weighted by molar-refractivity contribution is -0.145. The molecule has 0 aliphatic heterocycles. The van der Waals surface area contributed by atoms with E-state index in [4.69, 9.17) is 9.47 Å². The number of pyridine rings is 1. The summed E-state index contributed by atoms with van der Waals surface area (Å²) >= 11 is 0. The molecule has 3 rings (SSSR count). The molecule has 0 fully saturated rings. The highest BCUT2D eigenvalue weighted by molar-refractivity contribution is 7.90. The number of benzene rings is 2. The number of amides is 2. The number of carbonyl (C=O) groups is 3. The average molecular weight is 736 g/mol. The molecule has 2 amide bonds. The zero-order valence-electron chi connectivity index (χ0n) is 31.0. The zero-order chi connectivity index (χ0) is 37.4. The first-order chi connectivity index (χ1) is 25.2. The minimum Gasteiger partial charge on any atom is -0.497 e. The molecular formula is C41H57N3O7S. The first-order valence-electron chi connectivity index (χ1n) is 18.9. The monoisotopic (exact) mass is 735 g/mol. The van der Waals surface area contributed by atoms with Gasteiger partial charge in [0.05, 0.1) is 23.3 Å². The molecular weight excluding hydrogens is 679 g/mol. The Hall–Kier alpha value is -4.25. The Bertz CT molecular complexity index is 1590. The van der Waals surface area contributed by atoms with Crippen molar-refractivity contribution in [3.05, 3.63) is 89.2 Å². The summed E-state index contributed by atoms with van der Waals surface area (Å²) < 4.78 is 38.2. The van der Waals surface area contributed by atoms with Crippen LogP contribution in [0.15, 0.2) is 71.8 Å². The van der Waals surface area contributed by atoms with Gasteiger partial charge in [-0.05, 0) is 66.9 Å². The molecule has 0 unspecified atom stereocenters. The summed E-state index contributed by atoms with van der Waals surface area (Å²) in [6, 6.07) is 15.8. The van der Waals surface area contributed by atoms with E-state index in [1.165, 1.54) is 120 Å². The molecule has 1 aromatic heterocycles. The molecule has 52 heavy (non-hydrogen) atoms. The number of aromatic nitrogens is 1. The Labute approximate surface area is 310 Å². The maximum atomic E-state index is 12.8. The predicted molar refractivity (Wildman–Crippen MR) is 204 cm³/mol. The number of nitrogens with one attached hydrogen (secondary N) is 2. The molecule has 0 saturated heterocycles. The number of ether oxygens (including phenoxy) is 2. The number of unbranched alkanes of at least 4 members (excludes halogenated alkanes) is 14. The summed E-state index contributed by atoms with van der Waals surface area (Å²) in [6.07, 6.45) is 21.1. The van der Waals surface area contributed by atoms with Gasteiger partial charge in [0.1, 0.15) is 12.4 Å². The smallest absolute Gasteiger partial charge is 0.306 e. The van der Waals surface area contributed by atoms with Crippen LogP contribution in [-0.4, -0.2) is 44.8 Å². The lowest BCUT2D eigenvalue weighted by Crippen LogP contribution is -2.31. The van der Waals surface area contributed by atoms with Crippen LogP contribution < -0.4 is 14.8 Å². The Morgan fingerprint density at radius 1 is 0.673 bits per heavy atom. The summed E-state index contributed by atoms with van der Waals surface area (Å²) in [6.45, 7) is 2.63. The van der Waals surface area contributed by atoms with Gasteiger partial charge in [-0.3, -0.25) is 19.4 Å². The predicted octanol–water partition coefficient (Wildman–Crippen LogP) is 8.49. The van der Waals surface area contributed by atoms with E-state index in [9.17, 15) is 22.8 Å². The number of methoxy groups -OCH3 is 1. The SMILES string of the molecule is CCCCCCCCCCCCCCCCCC(=O)OCc1ccc(C(=O)NS(=O)(=O)c2ccc(C(=O)NCCc3ccc(OC)cc3)cc2)cn1. The highest BCUT2D eigenvalue weighted by Crippen LogP contribution is 2.16. The number of hydrogen-bond donors (Lipinski definition) is 2. The molecule has 0 atom stereocenters. The summed E-state index contributed by atoms with van der Waals surface area (Å²) in [4.78, 5) is 41.4. The van der Waals surface area contributed by atoms with Gasteiger partial charge >= 0.3 is 5.97 Å². The molecule has 0 aliphatic carbocycles. The van der Waals surface area contributed by atoms with Crippen molar-refractivity contribution >= 4 is 27.8 Å². The van der Waals surface area contributed by atoms with E-state index in [1.54, 1.807) is 7.11 Å². The fraction of sp³-hybridized carbons (Fsp3) is 0.512. The second-order valence-corrected chi connectivity index (χ2v) is 14.9. The van der Waals surface area contributed by atoms with E-state index in [2.05, 4.69) is 17.2 Å². The Morgan fingerprint density at radius 3 is 1.77 bits per heavy atom. The van der Waals surface area contributed by atoms with E-state index >= 15 is 0 Å². The van der Waals surface area contributed by atoms with Crippen molar-refractivity contribution in [1.82, 2.24) is 15.0 Å². The second kappa shape index (κ2) is 24.1. The van der Waals surface area contributed by atoms with Crippen molar-refractivity contribution in [3.63, 3.8) is 0 Å². The number of nitrogens with zero attached hydrogens (tertiary/aromatic N) is 1. The topological polar surface area (TPSA) is 141 Å². The fourth-order valence-corrected chi connectivity index (χ4v) is 6.73. The highest BCUT2D eigenvalue weighted by Gasteiger charge is 2.20. The van der Waals surface area contributed by atoms with Crippen molar-refractivity contribution < 1.29 is 32.3 Å². The van der Waals surface area contributed by atoms with Crippen molar-refractivity contribution in [2.75, 3.05) is 13.7 Å². The highest BCUT2D eigenvalue weighted by atomic mass is 32.2. The average Bonchev–Trinajstić information content (AvgIpc) is 3.15. The number of rotatable bonds is 26. The van der Waals surface area contributed by atoms with Crippen LogP contribution in [0.1, 0.15) is 142 Å². The van der Waals surface area contributed by atoms with Gasteiger partial charge in [0.25, 0.3) is 21.8 Å². The van der Waals surface area contributed by atoms with Crippen LogP contribution >= 0.6 is 0 Å². The van der Waals surface area contributed by atoms with Gasteiger partial charge in [-0.1, -0.05) is 109 Å². The molecule has 0 spiro atoms. The zero-order valence-corrected chi connectivity index (χ0v) is 31.8. The molecule has 2 aromatic carbocycles. The molecule has 3 aromatic rings. The van der Waals surface area contributed by atoms with Crippen LogP contribution in [0.5, 0.6) is 5.75 Å². The Morgan fingerprint density at radius 2 is 1.23 bits per heavy atom. The molecule has 0 bridgehead atoms. The summed E-state index contributed by atoms with van der Waals surface area (Å²) in [5, 5.41) is 2.81. The van der Waals surface area contributed by atoms with Gasteiger partial charge in [-0.2, -0.15) is 0 Å². The minimum absolute atomic E-state index is 0.0286. The molecule has 11 heteroatoms. The molecule has 0 saturated carbocycles. The number of esters is 1. The second-order valence-electron chi connectivity index (χ2n) is 13.2. The Kier molecular flexibility index (Phi) is 19.5. The maximum absolute atomic E-state index is 12.8. The first-order valence-corrected chi connectivity index (χ1v) is 20.4. The third-order valence-corrected chi connectivity index (χ3v) is 10.3. The molecule has 2 N–H and O–H groups in total. The third-order valence-electron chi connectivity index (χ3n) is 8.96. The van der Waals surface area contributed by atoms with Gasteiger partial charge in [0.15, 0.2) is 0 Å². The molecule has 284 valence electrons. The van der Waals surface area contributed by atoms with Crippen molar-refractivity contribution in [2.24, 2.45) is 0 Å². The first kappa shape index (κ1) is 42.2. The Balaban J connectivity index is 1.27. The van der Waals surface area contributed by atoms with E-state index in [1.807, 2.05) is 29.0 Å². The normalized spacial score (nSPS) is 11.2. The van der Waals surface area contributed by atoms with Crippen molar-refractivity contribution in [2.45, 2.75) is 128 Å². The van der Waals surface area contributed by atoms with E-state index in [0.717, 1.165) is 30.6 Å². The van der Waals surface area contributed by atoms with E-state index < -0.39 is 15.9 Å². The van der Waals surface area contributed by atoms with Crippen molar-refractivity contribution in [3.8, 4) is 5.75 Å². The van der Waals surface area contributed by atoms with Crippen LogP contribution in [-0.2, 0) is 32.6 Å². The van der Waals surface area contributed by atoms with Gasteiger partial charge in [-0.25, -0.2) is 13.1 Å². The van der Waals surface area contributed by atoms with E-state index in [0.29, 0.717) is 25.1 Å². The number of hydrogen-bond acceptors (Lipinski definition) is 8. The number of carbonyl (C=O) groups excluding carboxylic acids is 3. The van der Waals surface area contributed by atoms with Crippen LogP contribution in [0.3, 0.4) is 0 Å². The van der Waals surface area contributed by atoms with Crippen LogP contribution in [0.2, 0.25) is 0 Å². The summed E-state index contributed by atoms with van der Waals surface area (Å²) in [7, 11) is -2.61. The minimum atomic E-state index is -4.21. The van der Waals surface area contributed by atoms with Gasteiger partial charge in [0, 0.05) is 24.7 Å². The number of sulfonamides is 1. The van der Waals surface area contributed by atoms with Gasteiger partial charge in [0.2, 0.25) is 0 Å². The lowest BCUT2D eigenvalue weighted by Gasteiger charge is -2.09. The van der Waals surface area contributed by atoms with Crippen LogP contribution in [0.25, 0.3) is 0 Å². The summed E-state index contributed by atoms with van der Waals surface area (Å²) in [5.41, 5.74) is 1.80. The van der Waals surface area contributed by atoms with E-state index in [-0.39, 0.29) is 34.5 Å². The quantitative estimate of drug-likeness (QED) is 0.0618. The molecule has 0 aliphatic rings. The standard InChI is InChI=1S/C41H57N3O7S/c1-3-4-5-6-7-8-9-10-11-12-13-14-15-16-17-18-39(45)51-32-36-24-21-35(31-43-36)41(47)44-52(48,49)38-27-22-34(23-28-38)40(46)42-30-29-33-19-25-37(50-2)26-20-33/h19-28,31H,3-18,29-30,32H2,1-2H3,(H,42,46)(H,44,47). The van der Waals surface area contributed by atoms with Crippen molar-refractivity contribution in [1.29, 1.82) is 0 Å². The lowest BCUT2D eigenvalue weighted by atomic mass is 10.0. The third kappa shape index (κ3) is 16.4. The van der Waals surface area contributed by atoms with Crippen LogP contribution in [0.4, 0.5) is 0 Å². The van der Waals surface area contributed by atoms with Gasteiger partial charge in [-0.15, -0.1) is 0 Å². The van der Waals surface area contributed by atoms with Gasteiger partial charge < -0.3 is 14.8 Å².